The molecule has 4 nitrogen and oxygen atoms in total. The Bertz CT molecular complexity index is 659. The van der Waals surface area contributed by atoms with Crippen LogP contribution in [0.25, 0.3) is 0 Å². The van der Waals surface area contributed by atoms with Gasteiger partial charge >= 0.3 is 0 Å². The van der Waals surface area contributed by atoms with Crippen LogP contribution in [0.3, 0.4) is 0 Å². The molecule has 0 saturated heterocycles. The summed E-state index contributed by atoms with van der Waals surface area (Å²) in [4.78, 5) is 16.6. The maximum absolute atomic E-state index is 12.4. The molecule has 1 aromatic carbocycles. The topological polar surface area (TPSA) is 68.0 Å². The predicted octanol–water partition coefficient (Wildman–Crippen LogP) is 2.57. The SMILES string of the molecule is Cc1cc(C)c(C(=O)NC2CC2c2ccccc2)c(N)n1. The molecule has 0 radical (unpaired) electrons. The second kappa shape index (κ2) is 5.20. The standard InChI is InChI=1S/C17H19N3O/c1-10-8-11(2)19-16(18)15(10)17(21)20-14-9-13(14)12-6-4-3-5-7-12/h3-8,13-14H,9H2,1-2H3,(H2,18,19)(H,20,21). The van der Waals surface area contributed by atoms with Crippen LogP contribution in [-0.4, -0.2) is 16.9 Å². The Labute approximate surface area is 124 Å². The van der Waals surface area contributed by atoms with E-state index < -0.39 is 0 Å². The maximum Gasteiger partial charge on any atom is 0.255 e. The van der Waals surface area contributed by atoms with Crippen molar-refractivity contribution < 1.29 is 4.79 Å². The molecule has 0 aliphatic heterocycles. The van der Waals surface area contributed by atoms with Crippen LogP contribution in [-0.2, 0) is 0 Å². The molecule has 2 aromatic rings. The highest BCUT2D eigenvalue weighted by Gasteiger charge is 2.39. The summed E-state index contributed by atoms with van der Waals surface area (Å²) in [5, 5.41) is 3.06. The van der Waals surface area contributed by atoms with Crippen LogP contribution < -0.4 is 11.1 Å². The van der Waals surface area contributed by atoms with Gasteiger partial charge in [0, 0.05) is 17.7 Å². The van der Waals surface area contributed by atoms with Gasteiger partial charge in [-0.05, 0) is 37.5 Å². The molecule has 4 heteroatoms. The molecule has 2 unspecified atom stereocenters. The fourth-order valence-corrected chi connectivity index (χ4v) is 2.82. The lowest BCUT2D eigenvalue weighted by molar-refractivity contribution is 0.0950. The number of nitrogens with one attached hydrogen (secondary N) is 1. The Hall–Kier alpha value is -2.36. The van der Waals surface area contributed by atoms with Crippen LogP contribution in [0.5, 0.6) is 0 Å². The maximum atomic E-state index is 12.4. The number of aryl methyl sites for hydroxylation is 2. The second-order valence-corrected chi connectivity index (χ2v) is 5.67. The Morgan fingerprint density at radius 3 is 2.67 bits per heavy atom. The van der Waals surface area contributed by atoms with Gasteiger partial charge in [0.1, 0.15) is 5.82 Å². The fourth-order valence-electron chi connectivity index (χ4n) is 2.82. The largest absolute Gasteiger partial charge is 0.383 e. The molecule has 3 rings (SSSR count). The average molecular weight is 281 g/mol. The van der Waals surface area contributed by atoms with Crippen molar-refractivity contribution in [2.24, 2.45) is 0 Å². The van der Waals surface area contributed by atoms with Crippen molar-refractivity contribution >= 4 is 11.7 Å². The van der Waals surface area contributed by atoms with Gasteiger partial charge in [0.05, 0.1) is 5.56 Å². The number of rotatable bonds is 3. The average Bonchev–Trinajstić information content (AvgIpc) is 3.17. The third-order valence-electron chi connectivity index (χ3n) is 3.93. The number of nitrogen functional groups attached to an aromatic ring is 1. The van der Waals surface area contributed by atoms with E-state index in [-0.39, 0.29) is 11.9 Å². The van der Waals surface area contributed by atoms with Crippen LogP contribution >= 0.6 is 0 Å². The lowest BCUT2D eigenvalue weighted by Gasteiger charge is -2.10. The minimum atomic E-state index is -0.124. The van der Waals surface area contributed by atoms with Gasteiger partial charge in [-0.15, -0.1) is 0 Å². The normalized spacial score (nSPS) is 20.1. The summed E-state index contributed by atoms with van der Waals surface area (Å²) in [5.41, 5.74) is 9.36. The number of nitrogens with zero attached hydrogens (tertiary/aromatic N) is 1. The number of aromatic nitrogens is 1. The van der Waals surface area contributed by atoms with Crippen molar-refractivity contribution in [3.63, 3.8) is 0 Å². The van der Waals surface area contributed by atoms with Crippen molar-refractivity contribution in [2.75, 3.05) is 5.73 Å². The summed E-state index contributed by atoms with van der Waals surface area (Å²) in [5.74, 6) is 0.595. The zero-order chi connectivity index (χ0) is 15.0. The predicted molar refractivity (Wildman–Crippen MR) is 83.2 cm³/mol. The van der Waals surface area contributed by atoms with Crippen LogP contribution in [0.2, 0.25) is 0 Å². The van der Waals surface area contributed by atoms with Crippen LogP contribution in [0.15, 0.2) is 36.4 Å². The zero-order valence-electron chi connectivity index (χ0n) is 12.3. The minimum Gasteiger partial charge on any atom is -0.383 e. The van der Waals surface area contributed by atoms with E-state index in [4.69, 9.17) is 5.73 Å². The first-order chi connectivity index (χ1) is 10.1. The van der Waals surface area contributed by atoms with Gasteiger partial charge in [0.15, 0.2) is 0 Å². The molecule has 1 aliphatic carbocycles. The molecule has 1 aliphatic rings. The summed E-state index contributed by atoms with van der Waals surface area (Å²) >= 11 is 0. The number of hydrogen-bond donors (Lipinski definition) is 2. The number of hydrogen-bond acceptors (Lipinski definition) is 3. The molecule has 1 aromatic heterocycles. The lowest BCUT2D eigenvalue weighted by atomic mass is 10.1. The smallest absolute Gasteiger partial charge is 0.255 e. The van der Waals surface area contributed by atoms with Gasteiger partial charge in [-0.3, -0.25) is 4.79 Å². The molecule has 1 amide bonds. The van der Waals surface area contributed by atoms with Gasteiger partial charge in [0.25, 0.3) is 5.91 Å². The summed E-state index contributed by atoms with van der Waals surface area (Å²) in [6.45, 7) is 3.76. The van der Waals surface area contributed by atoms with E-state index in [1.165, 1.54) is 5.56 Å². The summed E-state index contributed by atoms with van der Waals surface area (Å²) in [6, 6.07) is 12.3. The molecular weight excluding hydrogens is 262 g/mol. The Kier molecular flexibility index (Phi) is 3.37. The molecule has 108 valence electrons. The van der Waals surface area contributed by atoms with Crippen molar-refractivity contribution in [3.8, 4) is 0 Å². The number of nitrogens with two attached hydrogens (primary N) is 1. The molecular formula is C17H19N3O. The van der Waals surface area contributed by atoms with E-state index >= 15 is 0 Å². The zero-order valence-corrected chi connectivity index (χ0v) is 12.3. The van der Waals surface area contributed by atoms with Gasteiger partial charge in [-0.25, -0.2) is 4.98 Å². The van der Waals surface area contributed by atoms with Crippen molar-refractivity contribution in [1.82, 2.24) is 10.3 Å². The van der Waals surface area contributed by atoms with Gasteiger partial charge in [0.2, 0.25) is 0 Å². The monoisotopic (exact) mass is 281 g/mol. The third-order valence-corrected chi connectivity index (χ3v) is 3.93. The van der Waals surface area contributed by atoms with Gasteiger partial charge < -0.3 is 11.1 Å². The van der Waals surface area contributed by atoms with E-state index in [9.17, 15) is 4.79 Å². The molecule has 21 heavy (non-hydrogen) atoms. The number of amides is 1. The summed E-state index contributed by atoms with van der Waals surface area (Å²) in [6.07, 6.45) is 0.980. The first-order valence-electron chi connectivity index (χ1n) is 7.16. The highest BCUT2D eigenvalue weighted by molar-refractivity contribution is 6.00. The van der Waals surface area contributed by atoms with Crippen LogP contribution in [0.1, 0.15) is 39.5 Å². The lowest BCUT2D eigenvalue weighted by Crippen LogP contribution is -2.28. The van der Waals surface area contributed by atoms with E-state index in [1.807, 2.05) is 38.1 Å². The third kappa shape index (κ3) is 2.75. The number of carbonyl (C=O) groups is 1. The minimum absolute atomic E-state index is 0.124. The molecule has 3 N–H and O–H groups in total. The van der Waals surface area contributed by atoms with Crippen molar-refractivity contribution in [3.05, 3.63) is 58.8 Å². The molecule has 1 fully saturated rings. The quantitative estimate of drug-likeness (QED) is 0.908. The van der Waals surface area contributed by atoms with Crippen LogP contribution in [0.4, 0.5) is 5.82 Å². The van der Waals surface area contributed by atoms with Gasteiger partial charge in [-0.1, -0.05) is 30.3 Å². The fraction of sp³-hybridized carbons (Fsp3) is 0.294. The number of pyridine rings is 1. The van der Waals surface area contributed by atoms with E-state index in [0.29, 0.717) is 17.3 Å². The first-order valence-corrected chi connectivity index (χ1v) is 7.16. The summed E-state index contributed by atoms with van der Waals surface area (Å²) < 4.78 is 0. The van der Waals surface area contributed by atoms with E-state index in [0.717, 1.165) is 17.7 Å². The highest BCUT2D eigenvalue weighted by Crippen LogP contribution is 2.40. The molecule has 1 saturated carbocycles. The van der Waals surface area contributed by atoms with Crippen molar-refractivity contribution in [1.29, 1.82) is 0 Å². The molecule has 2 atom stereocenters. The second-order valence-electron chi connectivity index (χ2n) is 5.67. The van der Waals surface area contributed by atoms with Crippen molar-refractivity contribution in [2.45, 2.75) is 32.2 Å². The van der Waals surface area contributed by atoms with Crippen LogP contribution in [0, 0.1) is 13.8 Å². The Morgan fingerprint density at radius 1 is 1.29 bits per heavy atom. The molecule has 0 bridgehead atoms. The van der Waals surface area contributed by atoms with E-state index in [1.54, 1.807) is 0 Å². The number of carbonyl (C=O) groups excluding carboxylic acids is 1. The summed E-state index contributed by atoms with van der Waals surface area (Å²) in [7, 11) is 0. The number of anilines is 1. The number of benzene rings is 1. The Morgan fingerprint density at radius 2 is 2.00 bits per heavy atom. The first kappa shape index (κ1) is 13.6. The molecule has 1 heterocycles. The van der Waals surface area contributed by atoms with Gasteiger partial charge in [-0.2, -0.15) is 0 Å². The Balaban J connectivity index is 1.72. The molecule has 0 spiro atoms. The van der Waals surface area contributed by atoms with E-state index in [2.05, 4.69) is 22.4 Å². The highest BCUT2D eigenvalue weighted by atomic mass is 16.1.